The largest absolute Gasteiger partial charge is 0.492 e. The van der Waals surface area contributed by atoms with Gasteiger partial charge in [0, 0.05) is 6.42 Å². The summed E-state index contributed by atoms with van der Waals surface area (Å²) < 4.78 is 44.7. The Morgan fingerprint density at radius 2 is 1.84 bits per heavy atom. The number of carbonyl (C=O) groups is 1. The number of hydrogen-bond acceptors (Lipinski definition) is 3. The number of hydrazine groups is 1. The predicted molar refractivity (Wildman–Crippen MR) is 89.3 cm³/mol. The molecule has 0 fully saturated rings. The maximum atomic E-state index is 13.4. The van der Waals surface area contributed by atoms with Gasteiger partial charge in [-0.15, -0.1) is 0 Å². The molecule has 2 aromatic carbocycles. The van der Waals surface area contributed by atoms with Crippen LogP contribution in [0.25, 0.3) is 0 Å². The van der Waals surface area contributed by atoms with Gasteiger partial charge in [0.2, 0.25) is 5.91 Å². The van der Waals surface area contributed by atoms with Crippen molar-refractivity contribution in [3.63, 3.8) is 0 Å². The van der Waals surface area contributed by atoms with Crippen molar-refractivity contribution in [3.05, 3.63) is 57.8 Å². The summed E-state index contributed by atoms with van der Waals surface area (Å²) in [4.78, 5) is 11.6. The summed E-state index contributed by atoms with van der Waals surface area (Å²) >= 11 is 11.8. The Kier molecular flexibility index (Phi) is 6.78. The Labute approximate surface area is 151 Å². The zero-order valence-electron chi connectivity index (χ0n) is 12.7. The second-order valence-corrected chi connectivity index (χ2v) is 5.69. The molecule has 0 saturated heterocycles. The third kappa shape index (κ3) is 5.17. The van der Waals surface area contributed by atoms with Crippen LogP contribution in [0.3, 0.4) is 0 Å². The van der Waals surface area contributed by atoms with Crippen LogP contribution in [-0.2, 0) is 4.79 Å². The molecule has 134 valence electrons. The number of halogens is 5. The van der Waals surface area contributed by atoms with Crippen molar-refractivity contribution in [1.29, 1.82) is 0 Å². The minimum Gasteiger partial charge on any atom is -0.492 e. The lowest BCUT2D eigenvalue weighted by molar-refractivity contribution is -0.120. The smallest absolute Gasteiger partial charge is 0.238 e. The summed E-state index contributed by atoms with van der Waals surface area (Å²) in [5.41, 5.74) is 4.00. The van der Waals surface area contributed by atoms with Crippen molar-refractivity contribution in [2.45, 2.75) is 12.8 Å². The highest BCUT2D eigenvalue weighted by molar-refractivity contribution is 6.42. The summed E-state index contributed by atoms with van der Waals surface area (Å²) in [7, 11) is 0. The maximum absolute atomic E-state index is 13.4. The van der Waals surface area contributed by atoms with Gasteiger partial charge in [-0.2, -0.15) is 0 Å². The van der Waals surface area contributed by atoms with Crippen LogP contribution in [0.4, 0.5) is 18.9 Å². The quantitative estimate of drug-likeness (QED) is 0.407. The van der Waals surface area contributed by atoms with Crippen LogP contribution in [0.5, 0.6) is 5.75 Å². The minimum atomic E-state index is -1.62. The minimum absolute atomic E-state index is 0.0521. The van der Waals surface area contributed by atoms with E-state index in [2.05, 4.69) is 10.9 Å². The van der Waals surface area contributed by atoms with Gasteiger partial charge in [-0.1, -0.05) is 29.3 Å². The van der Waals surface area contributed by atoms with Gasteiger partial charge < -0.3 is 4.74 Å². The van der Waals surface area contributed by atoms with Gasteiger partial charge in [0.1, 0.15) is 10.8 Å². The Balaban J connectivity index is 1.74. The molecule has 2 rings (SSSR count). The monoisotopic (exact) mass is 392 g/mol. The van der Waals surface area contributed by atoms with Crippen LogP contribution in [0.2, 0.25) is 10.0 Å². The number of benzene rings is 2. The molecule has 0 spiro atoms. The molecule has 1 amide bonds. The second-order valence-electron chi connectivity index (χ2n) is 4.90. The van der Waals surface area contributed by atoms with Crippen LogP contribution in [0.15, 0.2) is 30.3 Å². The molecule has 0 aliphatic carbocycles. The van der Waals surface area contributed by atoms with Crippen molar-refractivity contribution in [2.75, 3.05) is 12.0 Å². The highest BCUT2D eigenvalue weighted by atomic mass is 35.5. The van der Waals surface area contributed by atoms with E-state index in [-0.39, 0.29) is 23.7 Å². The number of rotatable bonds is 7. The molecule has 0 heterocycles. The van der Waals surface area contributed by atoms with Gasteiger partial charge >= 0.3 is 0 Å². The topological polar surface area (TPSA) is 50.4 Å². The van der Waals surface area contributed by atoms with E-state index in [1.807, 2.05) is 0 Å². The van der Waals surface area contributed by atoms with Crippen LogP contribution < -0.4 is 15.6 Å². The van der Waals surface area contributed by atoms with Gasteiger partial charge in [0.25, 0.3) is 0 Å². The Morgan fingerprint density at radius 3 is 2.60 bits per heavy atom. The first-order valence-corrected chi connectivity index (χ1v) is 7.91. The van der Waals surface area contributed by atoms with E-state index in [9.17, 15) is 18.0 Å². The van der Waals surface area contributed by atoms with Crippen LogP contribution in [-0.4, -0.2) is 12.5 Å². The van der Waals surface area contributed by atoms with E-state index in [4.69, 9.17) is 27.9 Å². The van der Waals surface area contributed by atoms with E-state index in [1.165, 1.54) is 0 Å². The van der Waals surface area contributed by atoms with Gasteiger partial charge in [-0.25, -0.2) is 13.2 Å². The Bertz CT molecular complexity index is 775. The van der Waals surface area contributed by atoms with E-state index in [0.29, 0.717) is 17.2 Å². The zero-order valence-corrected chi connectivity index (χ0v) is 14.2. The number of anilines is 1. The van der Waals surface area contributed by atoms with Gasteiger partial charge in [0.15, 0.2) is 17.5 Å². The molecule has 0 atom stereocenters. The van der Waals surface area contributed by atoms with Crippen LogP contribution >= 0.6 is 23.2 Å². The van der Waals surface area contributed by atoms with Crippen molar-refractivity contribution >= 4 is 34.8 Å². The molecule has 0 saturated carbocycles. The van der Waals surface area contributed by atoms with Crippen molar-refractivity contribution < 1.29 is 22.7 Å². The molecule has 0 radical (unpaired) electrons. The number of amides is 1. The molecule has 9 heteroatoms. The highest BCUT2D eigenvalue weighted by Gasteiger charge is 2.13. The first kappa shape index (κ1) is 19.2. The molecule has 0 aliphatic rings. The van der Waals surface area contributed by atoms with Crippen molar-refractivity contribution in [3.8, 4) is 5.75 Å². The van der Waals surface area contributed by atoms with Crippen molar-refractivity contribution in [2.24, 2.45) is 0 Å². The SMILES string of the molecule is O=C(CCCOc1cccc(Cl)c1Cl)NNc1ccc(F)c(F)c1F. The van der Waals surface area contributed by atoms with E-state index in [1.54, 1.807) is 18.2 Å². The Morgan fingerprint density at radius 1 is 1.08 bits per heavy atom. The number of carbonyl (C=O) groups excluding carboxylic acids is 1. The molecule has 4 nitrogen and oxygen atoms in total. The number of hydrogen-bond donors (Lipinski definition) is 2. The highest BCUT2D eigenvalue weighted by Crippen LogP contribution is 2.31. The molecule has 2 aromatic rings. The van der Waals surface area contributed by atoms with Crippen LogP contribution in [0.1, 0.15) is 12.8 Å². The molecular formula is C16H13Cl2F3N2O2. The van der Waals surface area contributed by atoms with Gasteiger partial charge in [0.05, 0.1) is 17.3 Å². The average molecular weight is 393 g/mol. The summed E-state index contributed by atoms with van der Waals surface area (Å²) in [5, 5.41) is 0.638. The first-order chi connectivity index (χ1) is 11.9. The average Bonchev–Trinajstić information content (AvgIpc) is 2.59. The Hall–Kier alpha value is -2.12. The molecule has 0 unspecified atom stereocenters. The summed E-state index contributed by atoms with van der Waals surface area (Å²) in [5.74, 6) is -4.43. The van der Waals surface area contributed by atoms with E-state index >= 15 is 0 Å². The standard InChI is InChI=1S/C16H13Cl2F3N2O2/c17-9-3-1-4-12(14(9)18)25-8-2-5-13(24)23-22-11-7-6-10(19)15(20)16(11)21/h1,3-4,6-7,22H,2,5,8H2,(H,23,24). The summed E-state index contributed by atoms with van der Waals surface area (Å²) in [6, 6.07) is 6.65. The van der Waals surface area contributed by atoms with Gasteiger partial charge in [-0.3, -0.25) is 15.6 Å². The molecule has 0 aliphatic heterocycles. The fraction of sp³-hybridized carbons (Fsp3) is 0.188. The predicted octanol–water partition coefficient (Wildman–Crippen LogP) is 4.71. The van der Waals surface area contributed by atoms with E-state index in [0.717, 1.165) is 12.1 Å². The molecule has 0 bridgehead atoms. The fourth-order valence-electron chi connectivity index (χ4n) is 1.83. The summed E-state index contributed by atoms with van der Waals surface area (Å²) in [6.07, 6.45) is 0.396. The molecule has 0 aromatic heterocycles. The normalized spacial score (nSPS) is 10.4. The lowest BCUT2D eigenvalue weighted by Gasteiger charge is -2.11. The third-order valence-electron chi connectivity index (χ3n) is 3.09. The van der Waals surface area contributed by atoms with E-state index < -0.39 is 23.4 Å². The number of nitrogens with one attached hydrogen (secondary N) is 2. The second kappa shape index (κ2) is 8.82. The third-order valence-corrected chi connectivity index (χ3v) is 3.90. The van der Waals surface area contributed by atoms with Gasteiger partial charge in [-0.05, 0) is 30.7 Å². The zero-order chi connectivity index (χ0) is 18.4. The molecular weight excluding hydrogens is 380 g/mol. The maximum Gasteiger partial charge on any atom is 0.238 e. The van der Waals surface area contributed by atoms with Crippen molar-refractivity contribution in [1.82, 2.24) is 5.43 Å². The lowest BCUT2D eigenvalue weighted by atomic mass is 10.3. The van der Waals surface area contributed by atoms with Crippen LogP contribution in [0, 0.1) is 17.5 Å². The fourth-order valence-corrected chi connectivity index (χ4v) is 2.18. The lowest BCUT2D eigenvalue weighted by Crippen LogP contribution is -2.30. The summed E-state index contributed by atoms with van der Waals surface area (Å²) in [6.45, 7) is 0.201. The molecule has 25 heavy (non-hydrogen) atoms. The first-order valence-electron chi connectivity index (χ1n) is 7.15. The number of ether oxygens (including phenoxy) is 1. The molecule has 2 N–H and O–H groups in total.